The van der Waals surface area contributed by atoms with E-state index in [9.17, 15) is 9.41 Å². The number of aryl methyl sites for hydroxylation is 2. The van der Waals surface area contributed by atoms with E-state index in [0.29, 0.717) is 17.5 Å². The minimum Gasteiger partial charge on any atom is -0.423 e. The summed E-state index contributed by atoms with van der Waals surface area (Å²) in [4.78, 5) is 5.82. The molecule has 2 aromatic carbocycles. The van der Waals surface area contributed by atoms with Gasteiger partial charge in [-0.2, -0.15) is 0 Å². The van der Waals surface area contributed by atoms with Gasteiger partial charge in [-0.15, -0.1) is 0 Å². The van der Waals surface area contributed by atoms with Crippen LogP contribution in [0.15, 0.2) is 35.5 Å². The number of rotatable bonds is 2. The lowest BCUT2D eigenvalue weighted by Gasteiger charge is -2.23. The van der Waals surface area contributed by atoms with Gasteiger partial charge < -0.3 is 14.5 Å². The molecule has 2 aliphatic heterocycles. The molecule has 2 aromatic rings. The summed E-state index contributed by atoms with van der Waals surface area (Å²) in [5, 5.41) is 14.4. The van der Waals surface area contributed by atoms with Crippen LogP contribution in [-0.2, 0) is 20.7 Å². The summed E-state index contributed by atoms with van der Waals surface area (Å²) in [6.07, 6.45) is 0.583. The summed E-state index contributed by atoms with van der Waals surface area (Å²) >= 11 is 0. The van der Waals surface area contributed by atoms with E-state index in [0.717, 1.165) is 27.9 Å². The van der Waals surface area contributed by atoms with Crippen LogP contribution in [0.1, 0.15) is 55.0 Å². The van der Waals surface area contributed by atoms with E-state index in [2.05, 4.69) is 5.16 Å². The Kier molecular flexibility index (Phi) is 3.98. The topological polar surface area (TPSA) is 51.0 Å². The first-order chi connectivity index (χ1) is 12.6. The third kappa shape index (κ3) is 2.88. The maximum atomic E-state index is 14.0. The molecule has 2 aliphatic rings. The van der Waals surface area contributed by atoms with Crippen LogP contribution in [0.5, 0.6) is 0 Å². The van der Waals surface area contributed by atoms with Gasteiger partial charge in [-0.3, -0.25) is 0 Å². The first kappa shape index (κ1) is 18.2. The SMILES string of the molecule is Cc1cc([C@]2(C)CC(c3ccc4c(c3)C(C)(C)OB4O)=NO2)cc(C)c1F. The second-order valence-corrected chi connectivity index (χ2v) is 8.24. The van der Waals surface area contributed by atoms with Crippen LogP contribution < -0.4 is 5.46 Å². The van der Waals surface area contributed by atoms with Crippen molar-refractivity contribution in [2.75, 3.05) is 0 Å². The minimum absolute atomic E-state index is 0.180. The van der Waals surface area contributed by atoms with Crippen LogP contribution in [0.2, 0.25) is 0 Å². The fourth-order valence-electron chi connectivity index (χ4n) is 3.98. The van der Waals surface area contributed by atoms with Crippen molar-refractivity contribution < 1.29 is 18.9 Å². The van der Waals surface area contributed by atoms with Gasteiger partial charge in [0.25, 0.3) is 0 Å². The summed E-state index contributed by atoms with van der Waals surface area (Å²) in [5.74, 6) is -0.180. The summed E-state index contributed by atoms with van der Waals surface area (Å²) in [6.45, 7) is 9.37. The highest BCUT2D eigenvalue weighted by molar-refractivity contribution is 6.62. The average molecular weight is 367 g/mol. The molecular formula is C21H23BFNO3. The van der Waals surface area contributed by atoms with E-state index in [1.54, 1.807) is 13.8 Å². The van der Waals surface area contributed by atoms with Crippen molar-refractivity contribution in [2.24, 2.45) is 5.16 Å². The number of fused-ring (bicyclic) bond motifs is 1. The molecule has 4 rings (SSSR count). The van der Waals surface area contributed by atoms with Crippen molar-refractivity contribution >= 4 is 18.3 Å². The summed E-state index contributed by atoms with van der Waals surface area (Å²) in [6, 6.07) is 9.49. The number of halogens is 1. The maximum Gasteiger partial charge on any atom is 0.492 e. The van der Waals surface area contributed by atoms with Gasteiger partial charge in [-0.1, -0.05) is 17.3 Å². The molecular weight excluding hydrogens is 344 g/mol. The van der Waals surface area contributed by atoms with E-state index < -0.39 is 18.3 Å². The van der Waals surface area contributed by atoms with Gasteiger partial charge >= 0.3 is 7.12 Å². The van der Waals surface area contributed by atoms with Crippen LogP contribution in [0.4, 0.5) is 4.39 Å². The van der Waals surface area contributed by atoms with Crippen LogP contribution in [0.25, 0.3) is 0 Å². The molecule has 4 nitrogen and oxygen atoms in total. The number of benzene rings is 2. The van der Waals surface area contributed by atoms with Gasteiger partial charge in [0.15, 0.2) is 5.60 Å². The molecule has 6 heteroatoms. The first-order valence-corrected chi connectivity index (χ1v) is 9.14. The van der Waals surface area contributed by atoms with Crippen LogP contribution >= 0.6 is 0 Å². The predicted molar refractivity (Wildman–Crippen MR) is 104 cm³/mol. The summed E-state index contributed by atoms with van der Waals surface area (Å²) in [7, 11) is -0.902. The van der Waals surface area contributed by atoms with E-state index in [1.165, 1.54) is 0 Å². The van der Waals surface area contributed by atoms with Crippen LogP contribution in [0.3, 0.4) is 0 Å². The molecule has 0 saturated heterocycles. The Bertz CT molecular complexity index is 949. The Balaban J connectivity index is 1.66. The molecule has 0 amide bonds. The molecule has 0 aliphatic carbocycles. The fraction of sp³-hybridized carbons (Fsp3) is 0.381. The van der Waals surface area contributed by atoms with Crippen molar-refractivity contribution in [3.8, 4) is 0 Å². The van der Waals surface area contributed by atoms with E-state index in [1.807, 2.05) is 51.1 Å². The molecule has 0 spiro atoms. The van der Waals surface area contributed by atoms with Gasteiger partial charge in [-0.05, 0) is 86.1 Å². The minimum atomic E-state index is -0.902. The van der Waals surface area contributed by atoms with E-state index in [-0.39, 0.29) is 5.82 Å². The second kappa shape index (κ2) is 5.91. The molecule has 1 N–H and O–H groups in total. The normalized spacial score (nSPS) is 23.2. The Morgan fingerprint density at radius 2 is 1.78 bits per heavy atom. The van der Waals surface area contributed by atoms with Crippen molar-refractivity contribution in [3.05, 3.63) is 64.0 Å². The van der Waals surface area contributed by atoms with Gasteiger partial charge in [0.1, 0.15) is 5.82 Å². The summed E-state index contributed by atoms with van der Waals surface area (Å²) < 4.78 is 19.6. The number of hydrogen-bond acceptors (Lipinski definition) is 4. The lowest BCUT2D eigenvalue weighted by molar-refractivity contribution is -0.00751. The molecule has 2 heterocycles. The lowest BCUT2D eigenvalue weighted by Crippen LogP contribution is -2.28. The molecule has 0 saturated carbocycles. The van der Waals surface area contributed by atoms with Crippen LogP contribution in [0, 0.1) is 19.7 Å². The number of hydrogen-bond donors (Lipinski definition) is 1. The molecule has 1 atom stereocenters. The second-order valence-electron chi connectivity index (χ2n) is 8.24. The van der Waals surface area contributed by atoms with Gasteiger partial charge in [-0.25, -0.2) is 4.39 Å². The lowest BCUT2D eigenvalue weighted by atomic mass is 9.77. The molecule has 0 aromatic heterocycles. The van der Waals surface area contributed by atoms with Gasteiger partial charge in [0.05, 0.1) is 11.3 Å². The average Bonchev–Trinajstić information content (AvgIpc) is 3.11. The molecule has 0 radical (unpaired) electrons. The number of oxime groups is 1. The molecule has 140 valence electrons. The molecule has 0 unspecified atom stereocenters. The number of nitrogens with zero attached hydrogens (tertiary/aromatic N) is 1. The zero-order chi connectivity index (χ0) is 19.6. The fourth-order valence-corrected chi connectivity index (χ4v) is 3.98. The van der Waals surface area contributed by atoms with Gasteiger partial charge in [0.2, 0.25) is 0 Å². The zero-order valence-corrected chi connectivity index (χ0v) is 16.3. The highest BCUT2D eigenvalue weighted by atomic mass is 19.1. The van der Waals surface area contributed by atoms with E-state index in [4.69, 9.17) is 9.49 Å². The summed E-state index contributed by atoms with van der Waals surface area (Å²) in [5.41, 5.74) is 4.45. The monoisotopic (exact) mass is 367 g/mol. The third-order valence-corrected chi connectivity index (χ3v) is 5.62. The Hall–Kier alpha value is -2.18. The Labute approximate surface area is 159 Å². The highest BCUT2D eigenvalue weighted by Crippen LogP contribution is 2.38. The Morgan fingerprint density at radius 3 is 2.44 bits per heavy atom. The van der Waals surface area contributed by atoms with Crippen molar-refractivity contribution in [1.82, 2.24) is 0 Å². The first-order valence-electron chi connectivity index (χ1n) is 9.14. The molecule has 0 bridgehead atoms. The molecule has 27 heavy (non-hydrogen) atoms. The highest BCUT2D eigenvalue weighted by Gasteiger charge is 2.42. The quantitative estimate of drug-likeness (QED) is 0.828. The van der Waals surface area contributed by atoms with Crippen LogP contribution in [-0.4, -0.2) is 17.9 Å². The largest absolute Gasteiger partial charge is 0.492 e. The smallest absolute Gasteiger partial charge is 0.423 e. The maximum absolute atomic E-state index is 14.0. The van der Waals surface area contributed by atoms with Gasteiger partial charge in [0, 0.05) is 6.42 Å². The third-order valence-electron chi connectivity index (χ3n) is 5.62. The van der Waals surface area contributed by atoms with E-state index >= 15 is 0 Å². The van der Waals surface area contributed by atoms with Crippen molar-refractivity contribution in [1.29, 1.82) is 0 Å². The zero-order valence-electron chi connectivity index (χ0n) is 16.3. The molecule has 0 fully saturated rings. The standard InChI is InChI=1S/C21H23BFNO3/c1-12-8-15(9-13(2)19(12)23)21(5)11-18(24-27-21)14-6-7-17-16(10-14)20(3,4)26-22(17)25/h6-10,25H,11H2,1-5H3/t21-/m0/s1. The van der Waals surface area contributed by atoms with Crippen molar-refractivity contribution in [2.45, 2.75) is 52.2 Å². The Morgan fingerprint density at radius 1 is 1.11 bits per heavy atom. The predicted octanol–water partition coefficient (Wildman–Crippen LogP) is 3.44. The van der Waals surface area contributed by atoms with Crippen molar-refractivity contribution in [3.63, 3.8) is 0 Å².